The van der Waals surface area contributed by atoms with Crippen molar-refractivity contribution in [2.75, 3.05) is 11.9 Å². The van der Waals surface area contributed by atoms with Crippen LogP contribution in [0.3, 0.4) is 0 Å². The van der Waals surface area contributed by atoms with Crippen LogP contribution in [0.1, 0.15) is 18.9 Å². The fourth-order valence-corrected chi connectivity index (χ4v) is 1.34. The van der Waals surface area contributed by atoms with Crippen LogP contribution in [0.5, 0.6) is 0 Å². The molecule has 0 radical (unpaired) electrons. The molecule has 84 valence electrons. The molecule has 16 heavy (non-hydrogen) atoms. The Morgan fingerprint density at radius 3 is 2.88 bits per heavy atom. The Bertz CT molecular complexity index is 463. The van der Waals surface area contributed by atoms with E-state index in [9.17, 15) is 0 Å². The Labute approximate surface area is 94.5 Å². The number of rotatable bonds is 4. The third-order valence-corrected chi connectivity index (χ3v) is 2.12. The Kier molecular flexibility index (Phi) is 3.14. The van der Waals surface area contributed by atoms with Gasteiger partial charge in [-0.15, -0.1) is 0 Å². The summed E-state index contributed by atoms with van der Waals surface area (Å²) in [6, 6.07) is 0. The number of hydrogen-bond donors (Lipinski definition) is 1. The molecule has 2 heterocycles. The molecule has 0 aliphatic heterocycles. The zero-order chi connectivity index (χ0) is 11.4. The summed E-state index contributed by atoms with van der Waals surface area (Å²) in [6.07, 6.45) is 8.20. The lowest BCUT2D eigenvalue weighted by atomic mass is 10.4. The standard InChI is InChI=1S/C11H15N5/c1-3-4-13-10-6-12-7-11(15-10)16-8-9(2)5-14-16/h5-8H,3-4H2,1-2H3,(H,13,15). The van der Waals surface area contributed by atoms with E-state index in [1.54, 1.807) is 23.3 Å². The lowest BCUT2D eigenvalue weighted by molar-refractivity contribution is 0.835. The van der Waals surface area contributed by atoms with Crippen molar-refractivity contribution in [1.82, 2.24) is 19.7 Å². The molecule has 2 aromatic heterocycles. The fourth-order valence-electron chi connectivity index (χ4n) is 1.34. The SMILES string of the molecule is CCCNc1cncc(-n2cc(C)cn2)n1. The minimum Gasteiger partial charge on any atom is -0.369 e. The smallest absolute Gasteiger partial charge is 0.173 e. The minimum absolute atomic E-state index is 0.731. The van der Waals surface area contributed by atoms with E-state index in [0.717, 1.165) is 30.2 Å². The molecule has 5 nitrogen and oxygen atoms in total. The van der Waals surface area contributed by atoms with Crippen molar-refractivity contribution in [3.63, 3.8) is 0 Å². The first-order valence-corrected chi connectivity index (χ1v) is 5.37. The number of hydrogen-bond acceptors (Lipinski definition) is 4. The van der Waals surface area contributed by atoms with Gasteiger partial charge in [0.15, 0.2) is 5.82 Å². The number of nitrogens with one attached hydrogen (secondary N) is 1. The largest absolute Gasteiger partial charge is 0.369 e. The molecular formula is C11H15N5. The van der Waals surface area contributed by atoms with Gasteiger partial charge < -0.3 is 5.32 Å². The van der Waals surface area contributed by atoms with Gasteiger partial charge in [-0.25, -0.2) is 9.67 Å². The predicted octanol–water partition coefficient (Wildman–Crippen LogP) is 1.79. The van der Waals surface area contributed by atoms with E-state index >= 15 is 0 Å². The summed E-state index contributed by atoms with van der Waals surface area (Å²) in [5.41, 5.74) is 1.11. The van der Waals surface area contributed by atoms with E-state index in [0.29, 0.717) is 0 Å². The van der Waals surface area contributed by atoms with Crippen LogP contribution in [0.4, 0.5) is 5.82 Å². The van der Waals surface area contributed by atoms with E-state index in [1.807, 2.05) is 13.1 Å². The molecule has 0 saturated heterocycles. The van der Waals surface area contributed by atoms with Gasteiger partial charge in [-0.3, -0.25) is 4.98 Å². The monoisotopic (exact) mass is 217 g/mol. The van der Waals surface area contributed by atoms with Gasteiger partial charge in [0.05, 0.1) is 18.6 Å². The molecule has 0 amide bonds. The number of aryl methyl sites for hydroxylation is 1. The highest BCUT2D eigenvalue weighted by molar-refractivity contribution is 5.35. The second-order valence-electron chi connectivity index (χ2n) is 3.65. The highest BCUT2D eigenvalue weighted by Gasteiger charge is 2.01. The molecule has 0 bridgehead atoms. The van der Waals surface area contributed by atoms with Gasteiger partial charge >= 0.3 is 0 Å². The first kappa shape index (κ1) is 10.6. The van der Waals surface area contributed by atoms with Crippen LogP contribution >= 0.6 is 0 Å². The molecule has 2 rings (SSSR count). The summed E-state index contributed by atoms with van der Waals surface area (Å²) < 4.78 is 1.72. The zero-order valence-electron chi connectivity index (χ0n) is 9.51. The Morgan fingerprint density at radius 1 is 1.31 bits per heavy atom. The topological polar surface area (TPSA) is 55.6 Å². The van der Waals surface area contributed by atoms with Gasteiger partial charge in [-0.2, -0.15) is 5.10 Å². The number of anilines is 1. The molecule has 0 aliphatic carbocycles. The van der Waals surface area contributed by atoms with Crippen LogP contribution in [-0.4, -0.2) is 26.3 Å². The van der Waals surface area contributed by atoms with Gasteiger partial charge in [0, 0.05) is 12.7 Å². The maximum Gasteiger partial charge on any atom is 0.173 e. The lowest BCUT2D eigenvalue weighted by Gasteiger charge is -2.05. The average molecular weight is 217 g/mol. The van der Waals surface area contributed by atoms with Gasteiger partial charge in [0.1, 0.15) is 5.82 Å². The number of aromatic nitrogens is 4. The third kappa shape index (κ3) is 2.36. The second-order valence-corrected chi connectivity index (χ2v) is 3.65. The van der Waals surface area contributed by atoms with Crippen molar-refractivity contribution in [2.24, 2.45) is 0 Å². The van der Waals surface area contributed by atoms with Crippen molar-refractivity contribution >= 4 is 5.82 Å². The predicted molar refractivity (Wildman–Crippen MR) is 62.7 cm³/mol. The fraction of sp³-hybridized carbons (Fsp3) is 0.364. The summed E-state index contributed by atoms with van der Waals surface area (Å²) in [4.78, 5) is 8.56. The number of nitrogens with zero attached hydrogens (tertiary/aromatic N) is 4. The average Bonchev–Trinajstić information content (AvgIpc) is 2.74. The van der Waals surface area contributed by atoms with Crippen LogP contribution in [0.25, 0.3) is 5.82 Å². The van der Waals surface area contributed by atoms with Crippen molar-refractivity contribution in [3.8, 4) is 5.82 Å². The van der Waals surface area contributed by atoms with Gasteiger partial charge in [-0.1, -0.05) is 6.92 Å². The van der Waals surface area contributed by atoms with Crippen LogP contribution in [0, 0.1) is 6.92 Å². The maximum absolute atomic E-state index is 4.42. The molecule has 0 unspecified atom stereocenters. The second kappa shape index (κ2) is 4.74. The van der Waals surface area contributed by atoms with E-state index in [4.69, 9.17) is 0 Å². The molecule has 0 aliphatic rings. The molecule has 1 N–H and O–H groups in total. The quantitative estimate of drug-likeness (QED) is 0.848. The molecule has 5 heteroatoms. The van der Waals surface area contributed by atoms with E-state index in [-0.39, 0.29) is 0 Å². The van der Waals surface area contributed by atoms with E-state index in [2.05, 4.69) is 27.3 Å². The maximum atomic E-state index is 4.42. The summed E-state index contributed by atoms with van der Waals surface area (Å²) in [5, 5.41) is 7.39. The third-order valence-electron chi connectivity index (χ3n) is 2.12. The van der Waals surface area contributed by atoms with Crippen LogP contribution in [0.15, 0.2) is 24.8 Å². The lowest BCUT2D eigenvalue weighted by Crippen LogP contribution is -2.05. The molecule has 0 saturated carbocycles. The molecule has 0 fully saturated rings. The molecule has 0 atom stereocenters. The van der Waals surface area contributed by atoms with Gasteiger partial charge in [0.2, 0.25) is 0 Å². The van der Waals surface area contributed by atoms with Crippen molar-refractivity contribution in [1.29, 1.82) is 0 Å². The van der Waals surface area contributed by atoms with E-state index < -0.39 is 0 Å². The highest BCUT2D eigenvalue weighted by Crippen LogP contribution is 2.07. The van der Waals surface area contributed by atoms with Crippen molar-refractivity contribution in [3.05, 3.63) is 30.4 Å². The molecule has 0 spiro atoms. The summed E-state index contributed by atoms with van der Waals surface area (Å²) >= 11 is 0. The summed E-state index contributed by atoms with van der Waals surface area (Å²) in [5.74, 6) is 1.52. The normalized spacial score (nSPS) is 10.4. The first-order valence-electron chi connectivity index (χ1n) is 5.37. The Balaban J connectivity index is 2.22. The summed E-state index contributed by atoms with van der Waals surface area (Å²) in [6.45, 7) is 5.01. The first-order chi connectivity index (χ1) is 7.79. The molecule has 2 aromatic rings. The highest BCUT2D eigenvalue weighted by atomic mass is 15.3. The Hall–Kier alpha value is -1.91. The van der Waals surface area contributed by atoms with Crippen molar-refractivity contribution in [2.45, 2.75) is 20.3 Å². The Morgan fingerprint density at radius 2 is 2.19 bits per heavy atom. The van der Waals surface area contributed by atoms with Crippen molar-refractivity contribution < 1.29 is 0 Å². The summed E-state index contributed by atoms with van der Waals surface area (Å²) in [7, 11) is 0. The van der Waals surface area contributed by atoms with Gasteiger partial charge in [0.25, 0.3) is 0 Å². The zero-order valence-corrected chi connectivity index (χ0v) is 9.51. The molecular weight excluding hydrogens is 202 g/mol. The van der Waals surface area contributed by atoms with Crippen LogP contribution in [0.2, 0.25) is 0 Å². The van der Waals surface area contributed by atoms with Crippen LogP contribution < -0.4 is 5.32 Å². The van der Waals surface area contributed by atoms with Gasteiger partial charge in [-0.05, 0) is 18.9 Å². The van der Waals surface area contributed by atoms with E-state index in [1.165, 1.54) is 0 Å². The molecule has 0 aromatic carbocycles. The minimum atomic E-state index is 0.731. The van der Waals surface area contributed by atoms with Crippen LogP contribution in [-0.2, 0) is 0 Å².